The number of halogens is 3. The van der Waals surface area contributed by atoms with Gasteiger partial charge < -0.3 is 5.32 Å². The summed E-state index contributed by atoms with van der Waals surface area (Å²) in [5, 5.41) is 4.04. The maximum Gasteiger partial charge on any atom is 0.266 e. The Labute approximate surface area is 185 Å². The number of sulfone groups is 1. The molecule has 0 radical (unpaired) electrons. The highest BCUT2D eigenvalue weighted by atomic mass is 32.2. The number of aryl methyl sites for hydroxylation is 1. The van der Waals surface area contributed by atoms with E-state index in [9.17, 15) is 21.6 Å². The minimum absolute atomic E-state index is 0.0222. The van der Waals surface area contributed by atoms with Gasteiger partial charge in [0.25, 0.3) is 6.43 Å². The zero-order valence-corrected chi connectivity index (χ0v) is 18.5. The first-order chi connectivity index (χ1) is 15.1. The van der Waals surface area contributed by atoms with Crippen molar-refractivity contribution in [3.05, 3.63) is 76.7 Å². The van der Waals surface area contributed by atoms with Crippen LogP contribution in [0.25, 0.3) is 16.5 Å². The maximum atomic E-state index is 14.7. The Balaban J connectivity index is 1.72. The van der Waals surface area contributed by atoms with Crippen LogP contribution in [0.15, 0.2) is 48.5 Å². The Kier molecular flexibility index (Phi) is 5.99. The summed E-state index contributed by atoms with van der Waals surface area (Å²) in [5.41, 5.74) is 3.58. The van der Waals surface area contributed by atoms with Gasteiger partial charge in [0.1, 0.15) is 5.82 Å². The lowest BCUT2D eigenvalue weighted by molar-refractivity contribution is 0.146. The third-order valence-corrected chi connectivity index (χ3v) is 7.21. The summed E-state index contributed by atoms with van der Waals surface area (Å²) in [7, 11) is -3.03. The van der Waals surface area contributed by atoms with Crippen LogP contribution in [-0.4, -0.2) is 24.9 Å². The Morgan fingerprint density at radius 2 is 1.84 bits per heavy atom. The molecule has 1 aromatic heterocycles. The molecule has 0 saturated carbocycles. The van der Waals surface area contributed by atoms with Crippen LogP contribution in [0.5, 0.6) is 0 Å². The first-order valence-corrected chi connectivity index (χ1v) is 12.1. The predicted octanol–water partition coefficient (Wildman–Crippen LogP) is 5.99. The van der Waals surface area contributed by atoms with Crippen LogP contribution in [0, 0.1) is 12.7 Å². The van der Waals surface area contributed by atoms with E-state index in [2.05, 4.69) is 10.3 Å². The normalized spacial score (nSPS) is 16.8. The Morgan fingerprint density at radius 3 is 2.53 bits per heavy atom. The summed E-state index contributed by atoms with van der Waals surface area (Å²) in [5.74, 6) is -0.772. The zero-order chi connectivity index (χ0) is 23.0. The van der Waals surface area contributed by atoms with Crippen LogP contribution in [0.1, 0.15) is 48.2 Å². The van der Waals surface area contributed by atoms with Gasteiger partial charge in [-0.3, -0.25) is 4.98 Å². The smallest absolute Gasteiger partial charge is 0.266 e. The van der Waals surface area contributed by atoms with Gasteiger partial charge in [0.05, 0.1) is 28.6 Å². The second kappa shape index (κ2) is 8.58. The molecule has 8 heteroatoms. The number of anilines is 1. The SMILES string of the molecule is Cc1cc(N[C@H](C)c2cccc(C(F)F)c2F)c2cc(C3=CCS(=O)(=O)CC3)ccc2n1. The van der Waals surface area contributed by atoms with Crippen LogP contribution < -0.4 is 5.32 Å². The molecule has 0 fully saturated rings. The van der Waals surface area contributed by atoms with Crippen molar-refractivity contribution in [3.8, 4) is 0 Å². The number of fused-ring (bicyclic) bond motifs is 1. The number of nitrogens with one attached hydrogen (secondary N) is 1. The first-order valence-electron chi connectivity index (χ1n) is 10.3. The predicted molar refractivity (Wildman–Crippen MR) is 121 cm³/mol. The van der Waals surface area contributed by atoms with Gasteiger partial charge in [-0.1, -0.05) is 30.3 Å². The topological polar surface area (TPSA) is 59.1 Å². The van der Waals surface area contributed by atoms with Gasteiger partial charge in [-0.15, -0.1) is 0 Å². The average molecular weight is 461 g/mol. The number of hydrogen-bond donors (Lipinski definition) is 1. The minimum atomic E-state index is -3.03. The van der Waals surface area contributed by atoms with E-state index < -0.39 is 33.7 Å². The second-order valence-corrected chi connectivity index (χ2v) is 10.3. The van der Waals surface area contributed by atoms with Gasteiger partial charge in [0, 0.05) is 22.3 Å². The van der Waals surface area contributed by atoms with Crippen molar-refractivity contribution in [2.24, 2.45) is 0 Å². The summed E-state index contributed by atoms with van der Waals surface area (Å²) in [6.07, 6.45) is -0.707. The fourth-order valence-electron chi connectivity index (χ4n) is 4.00. The molecule has 4 rings (SSSR count). The van der Waals surface area contributed by atoms with Crippen molar-refractivity contribution in [3.63, 3.8) is 0 Å². The third-order valence-electron chi connectivity index (χ3n) is 5.71. The molecular formula is C24H23F3N2O2S. The Hall–Kier alpha value is -2.87. The second-order valence-electron chi connectivity index (χ2n) is 8.05. The summed E-state index contributed by atoms with van der Waals surface area (Å²) >= 11 is 0. The minimum Gasteiger partial charge on any atom is -0.378 e. The molecule has 0 amide bonds. The lowest BCUT2D eigenvalue weighted by atomic mass is 9.99. The van der Waals surface area contributed by atoms with Crippen LogP contribution in [0.2, 0.25) is 0 Å². The average Bonchev–Trinajstić information content (AvgIpc) is 2.73. The number of allylic oxidation sites excluding steroid dienone is 1. The van der Waals surface area contributed by atoms with E-state index in [1.807, 2.05) is 31.2 Å². The Morgan fingerprint density at radius 1 is 1.09 bits per heavy atom. The molecule has 168 valence electrons. The third kappa shape index (κ3) is 4.50. The highest BCUT2D eigenvalue weighted by Crippen LogP contribution is 2.33. The molecular weight excluding hydrogens is 437 g/mol. The highest BCUT2D eigenvalue weighted by molar-refractivity contribution is 7.91. The van der Waals surface area contributed by atoms with E-state index >= 15 is 0 Å². The van der Waals surface area contributed by atoms with E-state index in [1.165, 1.54) is 12.1 Å². The standard InChI is InChI=1S/C24H23F3N2O2S/c1-14-12-22(29-15(2)18-4-3-5-19(23(18)25)24(26)27)20-13-17(6-7-21(20)28-14)16-8-10-32(30,31)11-9-16/h3-8,12-13,15,24H,9-11H2,1-2H3,(H,28,29)/t15-/m1/s1. The van der Waals surface area contributed by atoms with E-state index in [0.717, 1.165) is 33.8 Å². The quantitative estimate of drug-likeness (QED) is 0.508. The molecule has 0 unspecified atom stereocenters. The summed E-state index contributed by atoms with van der Waals surface area (Å²) in [4.78, 5) is 4.55. The maximum absolute atomic E-state index is 14.7. The van der Waals surface area contributed by atoms with Crippen LogP contribution in [0.4, 0.5) is 18.9 Å². The fraction of sp³-hybridized carbons (Fsp3) is 0.292. The van der Waals surface area contributed by atoms with Crippen molar-refractivity contribution < 1.29 is 21.6 Å². The zero-order valence-electron chi connectivity index (χ0n) is 17.7. The van der Waals surface area contributed by atoms with Crippen molar-refractivity contribution >= 4 is 32.0 Å². The molecule has 1 N–H and O–H groups in total. The summed E-state index contributed by atoms with van der Waals surface area (Å²) in [6.45, 7) is 3.56. The molecule has 1 aliphatic heterocycles. The van der Waals surface area contributed by atoms with Gasteiger partial charge in [0.2, 0.25) is 0 Å². The molecule has 4 nitrogen and oxygen atoms in total. The highest BCUT2D eigenvalue weighted by Gasteiger charge is 2.21. The van der Waals surface area contributed by atoms with Gasteiger partial charge in [-0.2, -0.15) is 0 Å². The van der Waals surface area contributed by atoms with E-state index in [4.69, 9.17) is 0 Å². The summed E-state index contributed by atoms with van der Waals surface area (Å²) < 4.78 is 64.4. The number of pyridine rings is 1. The Bertz CT molecular complexity index is 1320. The molecule has 3 aromatic rings. The van der Waals surface area contributed by atoms with Gasteiger partial charge >= 0.3 is 0 Å². The number of rotatable bonds is 5. The van der Waals surface area contributed by atoms with E-state index in [0.29, 0.717) is 12.1 Å². The van der Waals surface area contributed by atoms with Crippen molar-refractivity contribution in [1.82, 2.24) is 4.98 Å². The van der Waals surface area contributed by atoms with Gasteiger partial charge in [-0.05, 0) is 49.6 Å². The number of alkyl halides is 2. The lowest BCUT2D eigenvalue weighted by Gasteiger charge is -2.20. The molecule has 0 bridgehead atoms. The molecule has 0 spiro atoms. The van der Waals surface area contributed by atoms with E-state index in [-0.39, 0.29) is 17.1 Å². The fourth-order valence-corrected chi connectivity index (χ4v) is 5.15. The van der Waals surface area contributed by atoms with Crippen LogP contribution in [0.3, 0.4) is 0 Å². The lowest BCUT2D eigenvalue weighted by Crippen LogP contribution is -2.15. The molecule has 0 saturated heterocycles. The van der Waals surface area contributed by atoms with Crippen LogP contribution >= 0.6 is 0 Å². The molecule has 1 aliphatic rings. The number of benzene rings is 2. The van der Waals surface area contributed by atoms with Crippen molar-refractivity contribution in [2.45, 2.75) is 32.7 Å². The van der Waals surface area contributed by atoms with Crippen molar-refractivity contribution in [2.75, 3.05) is 16.8 Å². The molecule has 32 heavy (non-hydrogen) atoms. The largest absolute Gasteiger partial charge is 0.378 e. The number of aromatic nitrogens is 1. The van der Waals surface area contributed by atoms with Gasteiger partial charge in [0.15, 0.2) is 9.84 Å². The van der Waals surface area contributed by atoms with E-state index in [1.54, 1.807) is 13.0 Å². The monoisotopic (exact) mass is 460 g/mol. The molecule has 2 aromatic carbocycles. The van der Waals surface area contributed by atoms with Gasteiger partial charge in [-0.25, -0.2) is 21.6 Å². The molecule has 2 heterocycles. The number of nitrogens with zero attached hydrogens (tertiary/aromatic N) is 1. The molecule has 0 aliphatic carbocycles. The first kappa shape index (κ1) is 22.3. The summed E-state index contributed by atoms with van der Waals surface area (Å²) in [6, 6.07) is 11.0. The number of hydrogen-bond acceptors (Lipinski definition) is 4. The van der Waals surface area contributed by atoms with Crippen molar-refractivity contribution in [1.29, 1.82) is 0 Å². The molecule has 1 atom stereocenters. The van der Waals surface area contributed by atoms with Crippen LogP contribution in [-0.2, 0) is 9.84 Å².